The molecule has 29 heavy (non-hydrogen) atoms. The Morgan fingerprint density at radius 1 is 1.21 bits per heavy atom. The van der Waals surface area contributed by atoms with Crippen molar-refractivity contribution in [1.82, 2.24) is 4.90 Å². The van der Waals surface area contributed by atoms with Crippen molar-refractivity contribution >= 4 is 40.8 Å². The van der Waals surface area contributed by atoms with Gasteiger partial charge < -0.3 is 14.5 Å². The predicted octanol–water partition coefficient (Wildman–Crippen LogP) is 6.35. The van der Waals surface area contributed by atoms with Crippen LogP contribution in [-0.2, 0) is 10.9 Å². The van der Waals surface area contributed by atoms with Crippen molar-refractivity contribution in [2.45, 2.75) is 34.9 Å². The Labute approximate surface area is 176 Å². The molecule has 1 aliphatic rings. The SMILES string of the molecule is CC(Cl)OC(=O)N(C)CCCN1c2ccccc2Sc2ccc(C(F)(F)F)cc21. The second kappa shape index (κ2) is 8.75. The van der Waals surface area contributed by atoms with E-state index in [2.05, 4.69) is 0 Å². The molecule has 2 aromatic carbocycles. The lowest BCUT2D eigenvalue weighted by Crippen LogP contribution is -2.32. The third kappa shape index (κ3) is 5.11. The Kier molecular flexibility index (Phi) is 6.53. The zero-order valence-corrected chi connectivity index (χ0v) is 17.4. The number of benzene rings is 2. The third-order valence-corrected chi connectivity index (χ3v) is 5.62. The number of hydrogen-bond donors (Lipinski definition) is 0. The molecule has 0 radical (unpaired) electrons. The van der Waals surface area contributed by atoms with Crippen molar-refractivity contribution in [1.29, 1.82) is 0 Å². The Bertz CT molecular complexity index is 892. The molecule has 0 N–H and O–H groups in total. The van der Waals surface area contributed by atoms with Gasteiger partial charge in [0.25, 0.3) is 0 Å². The summed E-state index contributed by atoms with van der Waals surface area (Å²) in [5.41, 5.74) is -0.0475. The molecular weight excluding hydrogens is 425 g/mol. The summed E-state index contributed by atoms with van der Waals surface area (Å²) in [5.74, 6) is 0. The molecule has 0 bridgehead atoms. The summed E-state index contributed by atoms with van der Waals surface area (Å²) in [4.78, 5) is 16.9. The molecule has 0 aromatic heterocycles. The number of carbonyl (C=O) groups excluding carboxylic acids is 1. The summed E-state index contributed by atoms with van der Waals surface area (Å²) in [6.45, 7) is 2.37. The maximum Gasteiger partial charge on any atom is 0.416 e. The molecule has 9 heteroatoms. The van der Waals surface area contributed by atoms with Gasteiger partial charge in [0.05, 0.1) is 16.9 Å². The van der Waals surface area contributed by atoms with Gasteiger partial charge in [-0.25, -0.2) is 4.79 Å². The number of anilines is 2. The highest BCUT2D eigenvalue weighted by Gasteiger charge is 2.33. The molecule has 156 valence electrons. The van der Waals surface area contributed by atoms with Gasteiger partial charge >= 0.3 is 12.3 Å². The monoisotopic (exact) mass is 444 g/mol. The first kappa shape index (κ1) is 21.6. The van der Waals surface area contributed by atoms with Crippen LogP contribution in [0.5, 0.6) is 0 Å². The molecule has 3 rings (SSSR count). The van der Waals surface area contributed by atoms with E-state index in [1.54, 1.807) is 14.0 Å². The number of rotatable bonds is 5. The second-order valence-electron chi connectivity index (χ2n) is 6.60. The van der Waals surface area contributed by atoms with Crippen LogP contribution in [0.2, 0.25) is 0 Å². The van der Waals surface area contributed by atoms with Crippen molar-refractivity contribution in [2.24, 2.45) is 0 Å². The third-order valence-electron chi connectivity index (χ3n) is 4.40. The molecule has 0 saturated carbocycles. The van der Waals surface area contributed by atoms with Crippen LogP contribution in [0.1, 0.15) is 18.9 Å². The molecule has 1 heterocycles. The normalized spacial score (nSPS) is 14.1. The first-order valence-corrected chi connectivity index (χ1v) is 10.2. The summed E-state index contributed by atoms with van der Waals surface area (Å²) in [6, 6.07) is 11.4. The van der Waals surface area contributed by atoms with Crippen LogP contribution in [0, 0.1) is 0 Å². The number of fused-ring (bicyclic) bond motifs is 2. The minimum Gasteiger partial charge on any atom is -0.430 e. The highest BCUT2D eigenvalue weighted by atomic mass is 35.5. The second-order valence-corrected chi connectivity index (χ2v) is 8.30. The molecule has 1 atom stereocenters. The van der Waals surface area contributed by atoms with Crippen LogP contribution in [0.15, 0.2) is 52.3 Å². The summed E-state index contributed by atoms with van der Waals surface area (Å²) in [7, 11) is 1.59. The van der Waals surface area contributed by atoms with E-state index in [9.17, 15) is 18.0 Å². The van der Waals surface area contributed by atoms with Crippen molar-refractivity contribution in [3.63, 3.8) is 0 Å². The van der Waals surface area contributed by atoms with E-state index in [4.69, 9.17) is 16.3 Å². The summed E-state index contributed by atoms with van der Waals surface area (Å²) in [6.07, 6.45) is -4.41. The van der Waals surface area contributed by atoms with Gasteiger partial charge in [-0.2, -0.15) is 13.2 Å². The number of alkyl halides is 4. The number of carbonyl (C=O) groups is 1. The largest absolute Gasteiger partial charge is 0.430 e. The lowest BCUT2D eigenvalue weighted by atomic mass is 10.1. The summed E-state index contributed by atoms with van der Waals surface area (Å²) in [5, 5.41) is 0. The molecule has 0 fully saturated rings. The molecule has 0 saturated heterocycles. The molecule has 1 aliphatic heterocycles. The van der Waals surface area contributed by atoms with E-state index in [0.717, 1.165) is 21.5 Å². The van der Waals surface area contributed by atoms with Crippen LogP contribution in [0.4, 0.5) is 29.3 Å². The van der Waals surface area contributed by atoms with Crippen LogP contribution >= 0.6 is 23.4 Å². The fourth-order valence-corrected chi connectivity index (χ4v) is 4.19. The van der Waals surface area contributed by atoms with Crippen molar-refractivity contribution in [3.05, 3.63) is 48.0 Å². The number of para-hydroxylation sites is 1. The van der Waals surface area contributed by atoms with Gasteiger partial charge in [0.2, 0.25) is 0 Å². The first-order chi connectivity index (χ1) is 13.7. The zero-order chi connectivity index (χ0) is 21.2. The summed E-state index contributed by atoms with van der Waals surface area (Å²) < 4.78 is 44.6. The Morgan fingerprint density at radius 3 is 2.59 bits per heavy atom. The Hall–Kier alpha value is -2.06. The fourth-order valence-electron chi connectivity index (χ4n) is 3.03. The highest BCUT2D eigenvalue weighted by Crippen LogP contribution is 2.49. The molecule has 0 aliphatic carbocycles. The molecule has 0 spiro atoms. The number of amides is 1. The van der Waals surface area contributed by atoms with E-state index in [0.29, 0.717) is 25.2 Å². The maximum absolute atomic E-state index is 13.2. The topological polar surface area (TPSA) is 32.8 Å². The van der Waals surface area contributed by atoms with Crippen molar-refractivity contribution < 1.29 is 22.7 Å². The Balaban J connectivity index is 1.81. The summed E-state index contributed by atoms with van der Waals surface area (Å²) >= 11 is 7.11. The molecule has 4 nitrogen and oxygen atoms in total. The molecule has 2 aromatic rings. The van der Waals surface area contributed by atoms with Crippen molar-refractivity contribution in [2.75, 3.05) is 25.0 Å². The quantitative estimate of drug-likeness (QED) is 0.503. The van der Waals surface area contributed by atoms with E-state index in [-0.39, 0.29) is 0 Å². The molecule has 1 amide bonds. The molecular formula is C20H20ClF3N2O2S. The number of hydrogen-bond acceptors (Lipinski definition) is 4. The van der Waals surface area contributed by atoms with Gasteiger partial charge in [-0.05, 0) is 43.7 Å². The minimum absolute atomic E-state index is 0.378. The van der Waals surface area contributed by atoms with Crippen LogP contribution in [-0.4, -0.2) is 36.7 Å². The smallest absolute Gasteiger partial charge is 0.416 e. The molecule has 1 unspecified atom stereocenters. The minimum atomic E-state index is -4.41. The number of nitrogens with zero attached hydrogens (tertiary/aromatic N) is 2. The van der Waals surface area contributed by atoms with Gasteiger partial charge in [-0.1, -0.05) is 35.5 Å². The van der Waals surface area contributed by atoms with Gasteiger partial charge in [0, 0.05) is 29.9 Å². The zero-order valence-electron chi connectivity index (χ0n) is 15.9. The maximum atomic E-state index is 13.2. The average Bonchev–Trinajstić information content (AvgIpc) is 2.65. The van der Waals surface area contributed by atoms with E-state index < -0.39 is 23.4 Å². The predicted molar refractivity (Wildman–Crippen MR) is 108 cm³/mol. The lowest BCUT2D eigenvalue weighted by Gasteiger charge is -2.33. The van der Waals surface area contributed by atoms with Crippen LogP contribution < -0.4 is 4.90 Å². The van der Waals surface area contributed by atoms with Crippen molar-refractivity contribution in [3.8, 4) is 0 Å². The van der Waals surface area contributed by atoms with Gasteiger partial charge in [0.15, 0.2) is 5.56 Å². The van der Waals surface area contributed by atoms with Gasteiger partial charge in [-0.3, -0.25) is 0 Å². The van der Waals surface area contributed by atoms with Gasteiger partial charge in [-0.15, -0.1) is 0 Å². The average molecular weight is 445 g/mol. The van der Waals surface area contributed by atoms with Crippen LogP contribution in [0.3, 0.4) is 0 Å². The Morgan fingerprint density at radius 2 is 1.90 bits per heavy atom. The number of halogens is 4. The fraction of sp³-hybridized carbons (Fsp3) is 0.350. The standard InChI is InChI=1S/C20H20ClF3N2O2S/c1-13(21)28-19(27)25(2)10-5-11-26-15-6-3-4-7-17(15)29-18-9-8-14(12-16(18)26)20(22,23)24/h3-4,6-9,12-13H,5,10-11H2,1-2H3. The van der Waals surface area contributed by atoms with Crippen LogP contribution in [0.25, 0.3) is 0 Å². The van der Waals surface area contributed by atoms with E-state index in [1.165, 1.54) is 28.8 Å². The first-order valence-electron chi connectivity index (χ1n) is 8.98. The van der Waals surface area contributed by atoms with Gasteiger partial charge in [0.1, 0.15) is 0 Å². The lowest BCUT2D eigenvalue weighted by molar-refractivity contribution is -0.137. The number of ether oxygens (including phenoxy) is 1. The van der Waals surface area contributed by atoms with E-state index in [1.807, 2.05) is 29.2 Å². The van der Waals surface area contributed by atoms with E-state index >= 15 is 0 Å². The highest BCUT2D eigenvalue weighted by molar-refractivity contribution is 7.99.